The fourth-order valence-electron chi connectivity index (χ4n) is 5.57. The summed E-state index contributed by atoms with van der Waals surface area (Å²) in [5, 5.41) is 13.5. The van der Waals surface area contributed by atoms with E-state index < -0.39 is 0 Å². The number of aromatic nitrogens is 4. The number of ether oxygens (including phenoxy) is 2. The molecule has 1 amide bonds. The van der Waals surface area contributed by atoms with Gasteiger partial charge in [0.2, 0.25) is 0 Å². The number of hydrogen-bond donors (Lipinski definition) is 3. The predicted octanol–water partition coefficient (Wildman–Crippen LogP) is 0.547. The van der Waals surface area contributed by atoms with Crippen LogP contribution < -0.4 is 21.5 Å². The van der Waals surface area contributed by atoms with Gasteiger partial charge in [0.1, 0.15) is 22.9 Å². The van der Waals surface area contributed by atoms with Crippen molar-refractivity contribution in [3.8, 4) is 0 Å². The molecule has 3 N–H and O–H groups in total. The van der Waals surface area contributed by atoms with Crippen LogP contribution in [0.2, 0.25) is 0 Å². The molecule has 0 radical (unpaired) electrons. The molecule has 2 saturated heterocycles. The summed E-state index contributed by atoms with van der Waals surface area (Å²) in [5.41, 5.74) is 0.934. The lowest BCUT2D eigenvalue weighted by atomic mass is 10.2. The number of rotatable bonds is 7. The molecule has 0 aromatic carbocycles. The highest BCUT2D eigenvalue weighted by Crippen LogP contribution is 2.82. The summed E-state index contributed by atoms with van der Waals surface area (Å²) in [5.74, 6) is 1.75. The molecule has 3 saturated carbocycles. The van der Waals surface area contributed by atoms with E-state index in [1.54, 1.807) is 30.8 Å². The maximum atomic E-state index is 13.2. The van der Waals surface area contributed by atoms with Gasteiger partial charge in [0.25, 0.3) is 11.5 Å². The van der Waals surface area contributed by atoms with Gasteiger partial charge < -0.3 is 30.0 Å². The minimum atomic E-state index is -0.258. The standard InChI is InChI=1S/C22H23N7O4/c1-23-16-7-15(27-19-10(8-24-29(16)19)20(30)26-13-6-14(13)32-2)25-12-4-3-5-28(21(12)31)22-11-9-33-18(22)17(11)22/h3-5,7-8,11,13-14,17-18,23H,6,9H2,1-2H3,(H,25,27)(H,26,30)/t11-,13?,14+,17-,18?,22-/m1/s1. The molecule has 11 heteroatoms. The Morgan fingerprint density at radius 2 is 2.27 bits per heavy atom. The van der Waals surface area contributed by atoms with Crippen LogP contribution in [0, 0.1) is 11.8 Å². The molecule has 2 bridgehead atoms. The first kappa shape index (κ1) is 19.1. The number of anilines is 3. The maximum absolute atomic E-state index is 13.2. The SMILES string of the molecule is CNc1cc(Nc2cccn([C@]34C5OC[C@@H]3[C@H]54)c2=O)nc2c(C(=O)NC3C[C@@H]3OC)cnn12. The Balaban J connectivity index is 1.22. The lowest BCUT2D eigenvalue weighted by molar-refractivity contribution is 0.0936. The number of fused-ring (bicyclic) bond motifs is 2. The van der Waals surface area contributed by atoms with E-state index >= 15 is 0 Å². The summed E-state index contributed by atoms with van der Waals surface area (Å²) in [4.78, 5) is 30.7. The molecule has 3 aromatic rings. The molecule has 5 fully saturated rings. The Hall–Kier alpha value is -3.44. The van der Waals surface area contributed by atoms with Gasteiger partial charge in [-0.25, -0.2) is 4.98 Å². The van der Waals surface area contributed by atoms with Crippen LogP contribution in [-0.2, 0) is 15.0 Å². The van der Waals surface area contributed by atoms with Gasteiger partial charge in [0, 0.05) is 38.3 Å². The zero-order valence-electron chi connectivity index (χ0n) is 18.1. The van der Waals surface area contributed by atoms with Crippen LogP contribution >= 0.6 is 0 Å². The minimum absolute atomic E-state index is 0.00219. The van der Waals surface area contributed by atoms with Gasteiger partial charge in [-0.2, -0.15) is 9.61 Å². The average molecular weight is 449 g/mol. The van der Waals surface area contributed by atoms with Crippen molar-refractivity contribution >= 4 is 28.9 Å². The third-order valence-corrected chi connectivity index (χ3v) is 7.53. The van der Waals surface area contributed by atoms with Crippen molar-refractivity contribution in [2.75, 3.05) is 31.4 Å². The van der Waals surface area contributed by atoms with E-state index in [2.05, 4.69) is 26.0 Å². The number of amides is 1. The van der Waals surface area contributed by atoms with Crippen LogP contribution in [0.15, 0.2) is 35.4 Å². The topological polar surface area (TPSA) is 124 Å². The van der Waals surface area contributed by atoms with Crippen molar-refractivity contribution in [3.05, 3.63) is 46.5 Å². The quantitative estimate of drug-likeness (QED) is 0.478. The summed E-state index contributed by atoms with van der Waals surface area (Å²) in [6, 6.07) is 5.36. The van der Waals surface area contributed by atoms with Gasteiger partial charge in [-0.3, -0.25) is 9.59 Å². The Kier molecular flexibility index (Phi) is 3.66. The summed E-state index contributed by atoms with van der Waals surface area (Å²) in [6.45, 7) is 0.737. The lowest BCUT2D eigenvalue weighted by Crippen LogP contribution is -2.30. The second-order valence-electron chi connectivity index (χ2n) is 9.16. The van der Waals surface area contributed by atoms with E-state index in [4.69, 9.17) is 9.47 Å². The highest BCUT2D eigenvalue weighted by molar-refractivity contribution is 6.00. The Morgan fingerprint density at radius 3 is 2.97 bits per heavy atom. The molecule has 2 aliphatic heterocycles. The van der Waals surface area contributed by atoms with Gasteiger partial charge in [-0.15, -0.1) is 0 Å². The molecule has 3 aromatic heterocycles. The zero-order chi connectivity index (χ0) is 22.5. The third kappa shape index (κ3) is 2.46. The first-order valence-electron chi connectivity index (χ1n) is 11.1. The molecule has 33 heavy (non-hydrogen) atoms. The average Bonchev–Trinajstić information content (AvgIpc) is 3.69. The van der Waals surface area contributed by atoms with Crippen molar-refractivity contribution in [2.45, 2.75) is 30.2 Å². The molecule has 3 aliphatic carbocycles. The zero-order valence-corrected chi connectivity index (χ0v) is 18.1. The van der Waals surface area contributed by atoms with Crippen LogP contribution in [-0.4, -0.2) is 64.1 Å². The van der Waals surface area contributed by atoms with Crippen LogP contribution in [0.25, 0.3) is 5.65 Å². The van der Waals surface area contributed by atoms with E-state index in [0.717, 1.165) is 13.0 Å². The van der Waals surface area contributed by atoms with Crippen molar-refractivity contribution in [3.63, 3.8) is 0 Å². The number of carbonyl (C=O) groups excluding carboxylic acids is 1. The first-order chi connectivity index (χ1) is 16.1. The maximum Gasteiger partial charge on any atom is 0.274 e. The largest absolute Gasteiger partial charge is 0.379 e. The summed E-state index contributed by atoms with van der Waals surface area (Å²) >= 11 is 0. The number of pyridine rings is 1. The summed E-state index contributed by atoms with van der Waals surface area (Å²) in [7, 11) is 3.39. The Labute approximate surface area is 188 Å². The second-order valence-corrected chi connectivity index (χ2v) is 9.16. The van der Waals surface area contributed by atoms with Crippen molar-refractivity contribution in [1.82, 2.24) is 24.5 Å². The Morgan fingerprint density at radius 1 is 1.39 bits per heavy atom. The van der Waals surface area contributed by atoms with Crippen LogP contribution in [0.3, 0.4) is 0 Å². The molecule has 5 heterocycles. The number of nitrogens with zero attached hydrogens (tertiary/aromatic N) is 4. The fourth-order valence-corrected chi connectivity index (χ4v) is 5.57. The number of methoxy groups -OCH3 is 1. The van der Waals surface area contributed by atoms with Gasteiger partial charge >= 0.3 is 0 Å². The molecule has 6 atom stereocenters. The minimum Gasteiger partial charge on any atom is -0.379 e. The van der Waals surface area contributed by atoms with Crippen LogP contribution in [0.4, 0.5) is 17.3 Å². The van der Waals surface area contributed by atoms with Crippen LogP contribution in [0.5, 0.6) is 0 Å². The molecular formula is C22H23N7O4. The first-order valence-corrected chi connectivity index (χ1v) is 11.1. The normalized spacial score (nSPS) is 32.4. The molecular weight excluding hydrogens is 426 g/mol. The highest BCUT2D eigenvalue weighted by Gasteiger charge is 2.93. The van der Waals surface area contributed by atoms with Crippen molar-refractivity contribution < 1.29 is 14.3 Å². The molecule has 2 unspecified atom stereocenters. The summed E-state index contributed by atoms with van der Waals surface area (Å²) < 4.78 is 14.4. The number of carbonyl (C=O) groups is 1. The molecule has 11 nitrogen and oxygen atoms in total. The lowest BCUT2D eigenvalue weighted by Gasteiger charge is -2.14. The highest BCUT2D eigenvalue weighted by atomic mass is 16.5. The fraction of sp³-hybridized carbons (Fsp3) is 0.455. The van der Waals surface area contributed by atoms with E-state index in [1.165, 1.54) is 6.20 Å². The molecule has 0 spiro atoms. The van der Waals surface area contributed by atoms with Gasteiger partial charge in [0.05, 0.1) is 36.6 Å². The molecule has 170 valence electrons. The molecule has 5 aliphatic rings. The Bertz CT molecular complexity index is 1360. The van der Waals surface area contributed by atoms with E-state index in [1.807, 2.05) is 16.8 Å². The monoisotopic (exact) mass is 449 g/mol. The van der Waals surface area contributed by atoms with Gasteiger partial charge in [-0.05, 0) is 18.6 Å². The number of nitrogens with one attached hydrogen (secondary N) is 3. The van der Waals surface area contributed by atoms with Gasteiger partial charge in [-0.1, -0.05) is 0 Å². The smallest absolute Gasteiger partial charge is 0.274 e. The second kappa shape index (κ2) is 6.33. The third-order valence-electron chi connectivity index (χ3n) is 7.53. The molecule has 8 rings (SSSR count). The predicted molar refractivity (Wildman–Crippen MR) is 118 cm³/mol. The summed E-state index contributed by atoms with van der Waals surface area (Å²) in [6.07, 6.45) is 4.36. The van der Waals surface area contributed by atoms with Crippen LogP contribution in [0.1, 0.15) is 16.8 Å². The van der Waals surface area contributed by atoms with Gasteiger partial charge in [0.15, 0.2) is 5.65 Å². The number of hydrogen-bond acceptors (Lipinski definition) is 8. The van der Waals surface area contributed by atoms with E-state index in [0.29, 0.717) is 40.4 Å². The van der Waals surface area contributed by atoms with E-state index in [9.17, 15) is 9.59 Å². The van der Waals surface area contributed by atoms with Crippen molar-refractivity contribution in [2.24, 2.45) is 11.8 Å². The van der Waals surface area contributed by atoms with E-state index in [-0.39, 0.29) is 35.3 Å². The van der Waals surface area contributed by atoms with Crippen molar-refractivity contribution in [1.29, 1.82) is 0 Å².